The number of aliphatic hydroxyl groups is 1. The highest BCUT2D eigenvalue weighted by molar-refractivity contribution is 7.89. The fourth-order valence-corrected chi connectivity index (χ4v) is 3.78. The van der Waals surface area contributed by atoms with Crippen molar-refractivity contribution in [1.82, 2.24) is 4.72 Å². The third kappa shape index (κ3) is 3.81. The number of aliphatic hydroxyl groups excluding tert-OH is 1. The number of nitrogens with one attached hydrogen (secondary N) is 1. The van der Waals surface area contributed by atoms with Crippen molar-refractivity contribution in [1.29, 1.82) is 0 Å². The molecule has 116 valence electrons. The number of aryl methyl sites for hydroxylation is 1. The van der Waals surface area contributed by atoms with Gasteiger partial charge in [-0.3, -0.25) is 4.79 Å². The lowest BCUT2D eigenvalue weighted by molar-refractivity contribution is -0.136. The number of benzene rings is 1. The minimum Gasteiger partial charge on any atom is -0.481 e. The first-order chi connectivity index (χ1) is 9.87. The van der Waals surface area contributed by atoms with Crippen LogP contribution in [-0.2, 0) is 21.2 Å². The second-order valence-electron chi connectivity index (χ2n) is 5.44. The van der Waals surface area contributed by atoms with E-state index in [-0.39, 0.29) is 17.9 Å². The van der Waals surface area contributed by atoms with E-state index in [9.17, 15) is 18.3 Å². The normalized spacial score (nSPS) is 17.2. The molecular formula is C14H19NO5S. The first-order valence-electron chi connectivity index (χ1n) is 6.82. The Bertz CT molecular complexity index is 599. The van der Waals surface area contributed by atoms with E-state index < -0.39 is 21.5 Å². The predicted molar refractivity (Wildman–Crippen MR) is 76.4 cm³/mol. The van der Waals surface area contributed by atoms with Crippen molar-refractivity contribution in [2.24, 2.45) is 0 Å². The van der Waals surface area contributed by atoms with E-state index in [1.165, 1.54) is 12.1 Å². The van der Waals surface area contributed by atoms with Crippen LogP contribution in [0.4, 0.5) is 0 Å². The summed E-state index contributed by atoms with van der Waals surface area (Å²) in [4.78, 5) is 10.6. The molecule has 21 heavy (non-hydrogen) atoms. The molecule has 7 heteroatoms. The van der Waals surface area contributed by atoms with Gasteiger partial charge in [0.05, 0.1) is 17.0 Å². The number of carbonyl (C=O) groups is 1. The highest BCUT2D eigenvalue weighted by atomic mass is 32.2. The summed E-state index contributed by atoms with van der Waals surface area (Å²) in [6.45, 7) is -0.205. The third-order valence-corrected chi connectivity index (χ3v) is 5.42. The second-order valence-corrected chi connectivity index (χ2v) is 7.12. The van der Waals surface area contributed by atoms with Crippen LogP contribution in [0.25, 0.3) is 0 Å². The zero-order valence-electron chi connectivity index (χ0n) is 11.6. The quantitative estimate of drug-likeness (QED) is 0.694. The molecule has 1 saturated carbocycles. The monoisotopic (exact) mass is 313 g/mol. The summed E-state index contributed by atoms with van der Waals surface area (Å²) in [5.74, 6) is -0.886. The van der Waals surface area contributed by atoms with E-state index in [0.717, 1.165) is 12.0 Å². The lowest BCUT2D eigenvalue weighted by Gasteiger charge is -2.40. The molecule has 0 bridgehead atoms. The molecule has 2 rings (SSSR count). The number of carboxylic acid groups (broad SMARTS) is 1. The summed E-state index contributed by atoms with van der Waals surface area (Å²) in [7, 11) is -3.67. The highest BCUT2D eigenvalue weighted by Crippen LogP contribution is 2.32. The number of sulfonamides is 1. The lowest BCUT2D eigenvalue weighted by atomic mass is 9.78. The van der Waals surface area contributed by atoms with Crippen molar-refractivity contribution < 1.29 is 23.4 Å². The molecule has 0 spiro atoms. The number of rotatable bonds is 7. The van der Waals surface area contributed by atoms with E-state index in [2.05, 4.69) is 4.72 Å². The fraction of sp³-hybridized carbons (Fsp3) is 0.500. The zero-order chi connectivity index (χ0) is 15.5. The van der Waals surface area contributed by atoms with Gasteiger partial charge in [-0.1, -0.05) is 12.1 Å². The Labute approximate surface area is 123 Å². The molecule has 0 unspecified atom stereocenters. The Balaban J connectivity index is 2.08. The van der Waals surface area contributed by atoms with E-state index in [1.54, 1.807) is 12.1 Å². The van der Waals surface area contributed by atoms with Gasteiger partial charge in [0.15, 0.2) is 0 Å². The van der Waals surface area contributed by atoms with Crippen molar-refractivity contribution in [3.05, 3.63) is 29.8 Å². The first-order valence-corrected chi connectivity index (χ1v) is 8.31. The van der Waals surface area contributed by atoms with Crippen LogP contribution < -0.4 is 4.72 Å². The van der Waals surface area contributed by atoms with E-state index in [0.29, 0.717) is 19.3 Å². The molecule has 0 amide bonds. The number of hydrogen-bond donors (Lipinski definition) is 3. The molecule has 0 saturated heterocycles. The second kappa shape index (κ2) is 6.13. The highest BCUT2D eigenvalue weighted by Gasteiger charge is 2.40. The molecule has 1 aromatic carbocycles. The van der Waals surface area contributed by atoms with Crippen molar-refractivity contribution in [2.45, 2.75) is 42.5 Å². The fourth-order valence-electron chi connectivity index (χ4n) is 2.33. The van der Waals surface area contributed by atoms with E-state index in [4.69, 9.17) is 5.11 Å². The summed E-state index contributed by atoms with van der Waals surface area (Å²) >= 11 is 0. The van der Waals surface area contributed by atoms with Gasteiger partial charge >= 0.3 is 5.97 Å². The molecule has 1 aliphatic rings. The molecule has 6 nitrogen and oxygen atoms in total. The van der Waals surface area contributed by atoms with Gasteiger partial charge in [-0.15, -0.1) is 0 Å². The maximum Gasteiger partial charge on any atom is 0.303 e. The Kier molecular flexibility index (Phi) is 4.65. The van der Waals surface area contributed by atoms with E-state index in [1.807, 2.05) is 0 Å². The first kappa shape index (κ1) is 15.9. The number of carboxylic acids is 1. The Morgan fingerprint density at radius 2 is 1.86 bits per heavy atom. The average molecular weight is 313 g/mol. The van der Waals surface area contributed by atoms with Gasteiger partial charge < -0.3 is 10.2 Å². The topological polar surface area (TPSA) is 104 Å². The molecule has 0 atom stereocenters. The predicted octanol–water partition coefficient (Wildman–Crippen LogP) is 0.897. The smallest absolute Gasteiger partial charge is 0.303 e. The largest absolute Gasteiger partial charge is 0.481 e. The number of aliphatic carboxylic acids is 1. The van der Waals surface area contributed by atoms with Crippen LogP contribution in [0.2, 0.25) is 0 Å². The minimum atomic E-state index is -3.67. The minimum absolute atomic E-state index is 0.0119. The van der Waals surface area contributed by atoms with Crippen molar-refractivity contribution in [3.63, 3.8) is 0 Å². The van der Waals surface area contributed by atoms with Gasteiger partial charge in [-0.2, -0.15) is 0 Å². The summed E-state index contributed by atoms with van der Waals surface area (Å²) in [6.07, 6.45) is 2.55. The molecule has 1 aromatic rings. The Hall–Kier alpha value is -1.44. The van der Waals surface area contributed by atoms with Crippen LogP contribution >= 0.6 is 0 Å². The molecule has 0 radical (unpaired) electrons. The summed E-state index contributed by atoms with van der Waals surface area (Å²) < 4.78 is 27.1. The summed E-state index contributed by atoms with van der Waals surface area (Å²) in [5, 5.41) is 17.9. The number of hydrogen-bond acceptors (Lipinski definition) is 4. The molecule has 1 fully saturated rings. The van der Waals surface area contributed by atoms with Crippen molar-refractivity contribution >= 4 is 16.0 Å². The van der Waals surface area contributed by atoms with Gasteiger partial charge in [0.25, 0.3) is 0 Å². The van der Waals surface area contributed by atoms with Crippen LogP contribution in [0.3, 0.4) is 0 Å². The van der Waals surface area contributed by atoms with Gasteiger partial charge in [0, 0.05) is 6.42 Å². The van der Waals surface area contributed by atoms with Crippen molar-refractivity contribution in [2.75, 3.05) is 6.61 Å². The standard InChI is InChI=1S/C14H19NO5S/c16-10-14(8-1-9-14)15-21(19,20)12-5-2-11(3-6-12)4-7-13(17)18/h2-3,5-6,15-16H,1,4,7-10H2,(H,17,18). The Morgan fingerprint density at radius 1 is 1.24 bits per heavy atom. The van der Waals surface area contributed by atoms with Gasteiger partial charge in [-0.25, -0.2) is 13.1 Å². The maximum absolute atomic E-state index is 12.3. The SMILES string of the molecule is O=C(O)CCc1ccc(S(=O)(=O)NC2(CO)CCC2)cc1. The molecule has 0 aromatic heterocycles. The van der Waals surface area contributed by atoms with Crippen LogP contribution in [0.1, 0.15) is 31.2 Å². The van der Waals surface area contributed by atoms with Crippen LogP contribution in [0.5, 0.6) is 0 Å². The summed E-state index contributed by atoms with van der Waals surface area (Å²) in [5.41, 5.74) is 0.0535. The van der Waals surface area contributed by atoms with Gasteiger partial charge in [0.2, 0.25) is 10.0 Å². The Morgan fingerprint density at radius 3 is 2.29 bits per heavy atom. The average Bonchev–Trinajstić information content (AvgIpc) is 2.41. The van der Waals surface area contributed by atoms with E-state index >= 15 is 0 Å². The zero-order valence-corrected chi connectivity index (χ0v) is 12.4. The molecule has 1 aliphatic carbocycles. The molecular weight excluding hydrogens is 294 g/mol. The van der Waals surface area contributed by atoms with Crippen molar-refractivity contribution in [3.8, 4) is 0 Å². The third-order valence-electron chi connectivity index (χ3n) is 3.83. The van der Waals surface area contributed by atoms with Gasteiger partial charge in [0.1, 0.15) is 0 Å². The summed E-state index contributed by atoms with van der Waals surface area (Å²) in [6, 6.07) is 6.15. The van der Waals surface area contributed by atoms with Gasteiger partial charge in [-0.05, 0) is 43.4 Å². The molecule has 0 heterocycles. The maximum atomic E-state index is 12.3. The van der Waals surface area contributed by atoms with Crippen LogP contribution in [-0.4, -0.2) is 36.7 Å². The van der Waals surface area contributed by atoms with Crippen LogP contribution in [0.15, 0.2) is 29.2 Å². The molecule has 3 N–H and O–H groups in total. The van der Waals surface area contributed by atoms with Crippen LogP contribution in [0, 0.1) is 0 Å². The lowest BCUT2D eigenvalue weighted by Crippen LogP contribution is -2.55. The molecule has 0 aliphatic heterocycles.